The Hall–Kier alpha value is -1.97. The van der Waals surface area contributed by atoms with Crippen molar-refractivity contribution in [3.8, 4) is 6.07 Å². The van der Waals surface area contributed by atoms with Gasteiger partial charge in [0.25, 0.3) is 0 Å². The molecule has 120 valence electrons. The predicted molar refractivity (Wildman–Crippen MR) is 89.8 cm³/mol. The molecular weight excluding hydrogens is 311 g/mol. The van der Waals surface area contributed by atoms with Crippen LogP contribution in [0.3, 0.4) is 0 Å². The van der Waals surface area contributed by atoms with E-state index in [1.165, 1.54) is 6.07 Å². The van der Waals surface area contributed by atoms with E-state index in [0.29, 0.717) is 5.69 Å². The molecule has 1 aromatic heterocycles. The van der Waals surface area contributed by atoms with Crippen LogP contribution < -0.4 is 5.32 Å². The number of anilines is 1. The minimum Gasteiger partial charge on any atom is -0.380 e. The molecule has 6 heteroatoms. The number of thiazole rings is 1. The van der Waals surface area contributed by atoms with E-state index in [2.05, 4.69) is 21.3 Å². The number of para-hydroxylation sites is 1. The Morgan fingerprint density at radius 3 is 2.74 bits per heavy atom. The first-order valence-electron chi connectivity index (χ1n) is 7.73. The summed E-state index contributed by atoms with van der Waals surface area (Å²) in [7, 11) is 0. The van der Waals surface area contributed by atoms with Gasteiger partial charge in [0, 0.05) is 19.1 Å². The Kier molecular flexibility index (Phi) is 4.89. The molecule has 1 fully saturated rings. The Morgan fingerprint density at radius 1 is 1.39 bits per heavy atom. The van der Waals surface area contributed by atoms with Crippen LogP contribution in [0.2, 0.25) is 0 Å². The van der Waals surface area contributed by atoms with Crippen LogP contribution in [-0.2, 0) is 0 Å². The normalized spacial score (nSPS) is 17.6. The Balaban J connectivity index is 1.61. The third-order valence-corrected chi connectivity index (χ3v) is 5.26. The number of benzene rings is 1. The molecule has 23 heavy (non-hydrogen) atoms. The number of aryl methyl sites for hydroxylation is 1. The first kappa shape index (κ1) is 15.9. The molecular formula is C17H19FN4S. The molecule has 1 aromatic carbocycles. The van der Waals surface area contributed by atoms with Gasteiger partial charge < -0.3 is 5.32 Å². The first-order chi connectivity index (χ1) is 11.2. The van der Waals surface area contributed by atoms with Gasteiger partial charge in [-0.3, -0.25) is 4.90 Å². The highest BCUT2D eigenvalue weighted by atomic mass is 32.1. The number of nitrogens with one attached hydrogen (secondary N) is 1. The maximum absolute atomic E-state index is 13.7. The van der Waals surface area contributed by atoms with Crippen LogP contribution in [-0.4, -0.2) is 29.0 Å². The van der Waals surface area contributed by atoms with Gasteiger partial charge in [0.1, 0.15) is 11.9 Å². The number of halogens is 1. The Labute approximate surface area is 139 Å². The number of piperidine rings is 1. The molecule has 1 atom stereocenters. The van der Waals surface area contributed by atoms with E-state index in [-0.39, 0.29) is 17.9 Å². The highest BCUT2D eigenvalue weighted by Crippen LogP contribution is 2.29. The number of nitrogens with zero attached hydrogens (tertiary/aromatic N) is 3. The molecule has 0 spiro atoms. The van der Waals surface area contributed by atoms with E-state index in [0.717, 1.165) is 36.5 Å². The second-order valence-corrected chi connectivity index (χ2v) is 6.65. The maximum Gasteiger partial charge on any atom is 0.146 e. The van der Waals surface area contributed by atoms with Crippen molar-refractivity contribution in [2.24, 2.45) is 0 Å². The fourth-order valence-corrected chi connectivity index (χ4v) is 3.86. The highest BCUT2D eigenvalue weighted by molar-refractivity contribution is 7.09. The van der Waals surface area contributed by atoms with Gasteiger partial charge in [-0.05, 0) is 31.9 Å². The number of aromatic nitrogens is 1. The van der Waals surface area contributed by atoms with Gasteiger partial charge in [-0.1, -0.05) is 12.1 Å². The summed E-state index contributed by atoms with van der Waals surface area (Å²) >= 11 is 1.54. The van der Waals surface area contributed by atoms with Gasteiger partial charge in [0.05, 0.1) is 27.8 Å². The van der Waals surface area contributed by atoms with E-state index in [4.69, 9.17) is 0 Å². The zero-order chi connectivity index (χ0) is 16.2. The smallest absolute Gasteiger partial charge is 0.146 e. The molecule has 4 nitrogen and oxygen atoms in total. The lowest BCUT2D eigenvalue weighted by Crippen LogP contribution is -2.40. The number of rotatable bonds is 4. The Bertz CT molecular complexity index is 701. The van der Waals surface area contributed by atoms with Crippen molar-refractivity contribution in [2.75, 3.05) is 18.4 Å². The SMILES string of the molecule is Cc1ncsc1C(C#N)N1CCC(Nc2ccccc2F)CC1. The van der Waals surface area contributed by atoms with Crippen molar-refractivity contribution in [1.29, 1.82) is 5.26 Å². The summed E-state index contributed by atoms with van der Waals surface area (Å²) in [5.41, 5.74) is 3.29. The van der Waals surface area contributed by atoms with Gasteiger partial charge in [-0.15, -0.1) is 11.3 Å². The minimum absolute atomic E-state index is 0.217. The molecule has 1 aliphatic heterocycles. The standard InChI is InChI=1S/C17H19FN4S/c1-12-17(23-11-20-12)16(10-19)22-8-6-13(7-9-22)21-15-5-3-2-4-14(15)18/h2-5,11,13,16,21H,6-9H2,1H3. The lowest BCUT2D eigenvalue weighted by Gasteiger charge is -2.35. The summed E-state index contributed by atoms with van der Waals surface area (Å²) in [5, 5.41) is 12.8. The number of hydrogen-bond acceptors (Lipinski definition) is 5. The third kappa shape index (κ3) is 3.52. The van der Waals surface area contributed by atoms with Crippen LogP contribution >= 0.6 is 11.3 Å². The monoisotopic (exact) mass is 330 g/mol. The summed E-state index contributed by atoms with van der Waals surface area (Å²) in [5.74, 6) is -0.217. The van der Waals surface area contributed by atoms with Crippen LogP contribution in [0.25, 0.3) is 0 Å². The quantitative estimate of drug-likeness (QED) is 0.928. The summed E-state index contributed by atoms with van der Waals surface area (Å²) in [6.07, 6.45) is 1.79. The summed E-state index contributed by atoms with van der Waals surface area (Å²) in [6.45, 7) is 3.59. The number of hydrogen-bond donors (Lipinski definition) is 1. The van der Waals surface area contributed by atoms with Gasteiger partial charge in [0.2, 0.25) is 0 Å². The van der Waals surface area contributed by atoms with Crippen LogP contribution in [0.5, 0.6) is 0 Å². The summed E-state index contributed by atoms with van der Waals surface area (Å²) in [6, 6.07) is 9.18. The molecule has 0 bridgehead atoms. The topological polar surface area (TPSA) is 52.0 Å². The van der Waals surface area contributed by atoms with E-state index >= 15 is 0 Å². The zero-order valence-electron chi connectivity index (χ0n) is 13.0. The lowest BCUT2D eigenvalue weighted by molar-refractivity contribution is 0.189. The van der Waals surface area contributed by atoms with Crippen LogP contribution in [0.1, 0.15) is 29.5 Å². The molecule has 1 saturated heterocycles. The van der Waals surface area contributed by atoms with E-state index in [1.807, 2.05) is 13.0 Å². The fourth-order valence-electron chi connectivity index (χ4n) is 2.98. The van der Waals surface area contributed by atoms with Gasteiger partial charge in [-0.2, -0.15) is 5.26 Å². The maximum atomic E-state index is 13.7. The first-order valence-corrected chi connectivity index (χ1v) is 8.61. The molecule has 0 saturated carbocycles. The second kappa shape index (κ2) is 7.07. The van der Waals surface area contributed by atoms with Crippen molar-refractivity contribution in [1.82, 2.24) is 9.88 Å². The molecule has 0 radical (unpaired) electrons. The van der Waals surface area contributed by atoms with E-state index < -0.39 is 0 Å². The van der Waals surface area contributed by atoms with E-state index in [1.54, 1.807) is 29.0 Å². The van der Waals surface area contributed by atoms with Crippen LogP contribution in [0, 0.1) is 24.1 Å². The average Bonchev–Trinajstić information content (AvgIpc) is 2.98. The highest BCUT2D eigenvalue weighted by Gasteiger charge is 2.28. The van der Waals surface area contributed by atoms with Gasteiger partial charge >= 0.3 is 0 Å². The summed E-state index contributed by atoms with van der Waals surface area (Å²) in [4.78, 5) is 7.48. The molecule has 1 aliphatic rings. The van der Waals surface area contributed by atoms with Gasteiger partial charge in [-0.25, -0.2) is 9.37 Å². The lowest BCUT2D eigenvalue weighted by atomic mass is 10.0. The molecule has 1 N–H and O–H groups in total. The largest absolute Gasteiger partial charge is 0.380 e. The van der Waals surface area contributed by atoms with Crippen molar-refractivity contribution in [3.05, 3.63) is 46.2 Å². The van der Waals surface area contributed by atoms with Crippen molar-refractivity contribution in [2.45, 2.75) is 31.8 Å². The Morgan fingerprint density at radius 2 is 2.13 bits per heavy atom. The fraction of sp³-hybridized carbons (Fsp3) is 0.412. The molecule has 2 heterocycles. The molecule has 0 amide bonds. The minimum atomic E-state index is -0.225. The van der Waals surface area contributed by atoms with Crippen molar-refractivity contribution in [3.63, 3.8) is 0 Å². The number of nitriles is 1. The van der Waals surface area contributed by atoms with Crippen molar-refractivity contribution < 1.29 is 4.39 Å². The number of likely N-dealkylation sites (tertiary alicyclic amines) is 1. The van der Waals surface area contributed by atoms with E-state index in [9.17, 15) is 9.65 Å². The van der Waals surface area contributed by atoms with Crippen LogP contribution in [0.15, 0.2) is 29.8 Å². The molecule has 2 aromatic rings. The third-order valence-electron chi connectivity index (χ3n) is 4.28. The average molecular weight is 330 g/mol. The van der Waals surface area contributed by atoms with Crippen molar-refractivity contribution >= 4 is 17.0 Å². The molecule has 0 aliphatic carbocycles. The molecule has 3 rings (SSSR count). The predicted octanol–water partition coefficient (Wildman–Crippen LogP) is 3.73. The molecule has 1 unspecified atom stereocenters. The van der Waals surface area contributed by atoms with Gasteiger partial charge in [0.15, 0.2) is 0 Å². The zero-order valence-corrected chi connectivity index (χ0v) is 13.8. The van der Waals surface area contributed by atoms with Crippen LogP contribution in [0.4, 0.5) is 10.1 Å². The summed E-state index contributed by atoms with van der Waals surface area (Å²) < 4.78 is 13.7. The second-order valence-electron chi connectivity index (χ2n) is 5.77.